The molecule has 1 heterocycles. The molecule has 1 atom stereocenters. The lowest BCUT2D eigenvalue weighted by atomic mass is 9.89. The molecule has 0 saturated carbocycles. The number of nitrogens with one attached hydrogen (secondary N) is 1. The van der Waals surface area contributed by atoms with Crippen LogP contribution in [0, 0.1) is 0 Å². The van der Waals surface area contributed by atoms with E-state index < -0.39 is 0 Å². The van der Waals surface area contributed by atoms with Crippen LogP contribution in [-0.4, -0.2) is 55.5 Å². The number of hydrogen-bond acceptors (Lipinski definition) is 2. The summed E-state index contributed by atoms with van der Waals surface area (Å²) in [7, 11) is 3.51. The molecular formula is C17H25N3O2. The van der Waals surface area contributed by atoms with Gasteiger partial charge in [0.2, 0.25) is 0 Å². The molecule has 0 bridgehead atoms. The van der Waals surface area contributed by atoms with Gasteiger partial charge in [0.05, 0.1) is 0 Å². The summed E-state index contributed by atoms with van der Waals surface area (Å²) in [6.07, 6.45) is 2.04. The maximum absolute atomic E-state index is 12.1. The van der Waals surface area contributed by atoms with Crippen LogP contribution < -0.4 is 5.32 Å². The van der Waals surface area contributed by atoms with Crippen LogP contribution in [0.25, 0.3) is 0 Å². The van der Waals surface area contributed by atoms with Crippen LogP contribution in [0.1, 0.15) is 41.6 Å². The first-order valence-electron chi connectivity index (χ1n) is 7.87. The lowest BCUT2D eigenvalue weighted by Crippen LogP contribution is -2.44. The fourth-order valence-corrected chi connectivity index (χ4v) is 2.88. The van der Waals surface area contributed by atoms with E-state index in [4.69, 9.17) is 0 Å². The average molecular weight is 303 g/mol. The molecule has 2 rings (SSSR count). The van der Waals surface area contributed by atoms with Gasteiger partial charge in [0.1, 0.15) is 0 Å². The minimum atomic E-state index is 0.00715. The molecule has 5 heteroatoms. The number of urea groups is 1. The Morgan fingerprint density at radius 2 is 2.14 bits per heavy atom. The summed E-state index contributed by atoms with van der Waals surface area (Å²) in [5, 5.41) is 2.86. The highest BCUT2D eigenvalue weighted by Gasteiger charge is 2.25. The van der Waals surface area contributed by atoms with Gasteiger partial charge in [0, 0.05) is 45.2 Å². The van der Waals surface area contributed by atoms with Crippen molar-refractivity contribution in [3.05, 3.63) is 35.4 Å². The monoisotopic (exact) mass is 303 g/mol. The average Bonchev–Trinajstić information content (AvgIpc) is 2.54. The Morgan fingerprint density at radius 1 is 1.36 bits per heavy atom. The quantitative estimate of drug-likeness (QED) is 0.931. The number of amides is 3. The van der Waals surface area contributed by atoms with Gasteiger partial charge in [-0.1, -0.05) is 12.1 Å². The number of rotatable bonds is 3. The van der Waals surface area contributed by atoms with Crippen molar-refractivity contribution < 1.29 is 9.59 Å². The summed E-state index contributed by atoms with van der Waals surface area (Å²) in [5.41, 5.74) is 1.85. The molecule has 0 radical (unpaired) electrons. The third-order valence-electron chi connectivity index (χ3n) is 4.05. The van der Waals surface area contributed by atoms with Crippen LogP contribution >= 0.6 is 0 Å². The van der Waals surface area contributed by atoms with Crippen LogP contribution in [0.15, 0.2) is 24.3 Å². The summed E-state index contributed by atoms with van der Waals surface area (Å²) < 4.78 is 0. The Hall–Kier alpha value is -2.04. The van der Waals surface area contributed by atoms with E-state index in [9.17, 15) is 9.59 Å². The fraction of sp³-hybridized carbons (Fsp3) is 0.529. The summed E-state index contributed by atoms with van der Waals surface area (Å²) >= 11 is 0. The van der Waals surface area contributed by atoms with Crippen LogP contribution in [0.3, 0.4) is 0 Å². The van der Waals surface area contributed by atoms with E-state index in [2.05, 4.69) is 11.4 Å². The summed E-state index contributed by atoms with van der Waals surface area (Å²) in [5.74, 6) is 0.310. The van der Waals surface area contributed by atoms with Gasteiger partial charge in [0.25, 0.3) is 5.91 Å². The van der Waals surface area contributed by atoms with Crippen molar-refractivity contribution in [3.63, 3.8) is 0 Å². The molecule has 0 aromatic heterocycles. The van der Waals surface area contributed by atoms with E-state index in [1.54, 1.807) is 19.0 Å². The molecule has 120 valence electrons. The molecule has 1 aromatic rings. The predicted octanol–water partition coefficient (Wildman–Crippen LogP) is 2.30. The molecule has 1 aliphatic rings. The Morgan fingerprint density at radius 3 is 2.82 bits per heavy atom. The van der Waals surface area contributed by atoms with Crippen LogP contribution in [0.2, 0.25) is 0 Å². The second-order valence-corrected chi connectivity index (χ2v) is 5.95. The zero-order valence-electron chi connectivity index (χ0n) is 13.6. The molecule has 3 amide bonds. The number of carbonyl (C=O) groups is 2. The molecule has 22 heavy (non-hydrogen) atoms. The maximum atomic E-state index is 12.1. The van der Waals surface area contributed by atoms with E-state index in [1.807, 2.05) is 30.0 Å². The Labute approximate surface area is 132 Å². The first-order valence-corrected chi connectivity index (χ1v) is 7.87. The van der Waals surface area contributed by atoms with Gasteiger partial charge < -0.3 is 15.1 Å². The van der Waals surface area contributed by atoms with Gasteiger partial charge in [-0.2, -0.15) is 0 Å². The highest BCUT2D eigenvalue weighted by molar-refractivity contribution is 5.94. The van der Waals surface area contributed by atoms with E-state index in [0.29, 0.717) is 24.6 Å². The topological polar surface area (TPSA) is 52.7 Å². The van der Waals surface area contributed by atoms with Crippen molar-refractivity contribution in [2.75, 3.05) is 33.7 Å². The summed E-state index contributed by atoms with van der Waals surface area (Å²) in [4.78, 5) is 27.5. The lowest BCUT2D eigenvalue weighted by Gasteiger charge is -2.33. The van der Waals surface area contributed by atoms with Gasteiger partial charge in [-0.25, -0.2) is 4.79 Å². The molecule has 1 aromatic carbocycles. The minimum Gasteiger partial charge on any atom is -0.345 e. The van der Waals surface area contributed by atoms with Crippen LogP contribution in [-0.2, 0) is 0 Å². The molecule has 5 nitrogen and oxygen atoms in total. The molecular weight excluding hydrogens is 278 g/mol. The molecule has 0 spiro atoms. The number of nitrogens with zero attached hydrogens (tertiary/aromatic N) is 2. The standard InChI is InChI=1S/C17H25N3O2/c1-4-18-17(22)20-10-6-9-15(12-20)13-7-5-8-14(11-13)16(21)19(2)3/h5,7-8,11,15H,4,6,9-10,12H2,1-3H3,(H,18,22). The van der Waals surface area contributed by atoms with Gasteiger partial charge in [-0.3, -0.25) is 4.79 Å². The summed E-state index contributed by atoms with van der Waals surface area (Å²) in [6, 6.07) is 7.80. The number of likely N-dealkylation sites (tertiary alicyclic amines) is 1. The molecule has 0 aliphatic carbocycles. The first kappa shape index (κ1) is 16.3. The molecule has 1 N–H and O–H groups in total. The second kappa shape index (κ2) is 7.29. The van der Waals surface area contributed by atoms with E-state index >= 15 is 0 Å². The van der Waals surface area contributed by atoms with Crippen molar-refractivity contribution in [1.29, 1.82) is 0 Å². The lowest BCUT2D eigenvalue weighted by molar-refractivity contribution is 0.0827. The van der Waals surface area contributed by atoms with E-state index in [0.717, 1.165) is 24.9 Å². The smallest absolute Gasteiger partial charge is 0.317 e. The molecule has 1 unspecified atom stereocenters. The predicted molar refractivity (Wildman–Crippen MR) is 87.1 cm³/mol. The fourth-order valence-electron chi connectivity index (χ4n) is 2.88. The Bertz CT molecular complexity index is 542. The van der Waals surface area contributed by atoms with Gasteiger partial charge in [-0.05, 0) is 37.5 Å². The highest BCUT2D eigenvalue weighted by Crippen LogP contribution is 2.27. The van der Waals surface area contributed by atoms with Crippen molar-refractivity contribution >= 4 is 11.9 Å². The Balaban J connectivity index is 2.12. The molecule has 1 aliphatic heterocycles. The number of carbonyl (C=O) groups excluding carboxylic acids is 2. The normalized spacial score (nSPS) is 18.0. The third-order valence-corrected chi connectivity index (χ3v) is 4.05. The van der Waals surface area contributed by atoms with Crippen molar-refractivity contribution in [2.45, 2.75) is 25.7 Å². The van der Waals surface area contributed by atoms with Crippen molar-refractivity contribution in [2.24, 2.45) is 0 Å². The molecule has 1 saturated heterocycles. The minimum absolute atomic E-state index is 0.00715. The number of hydrogen-bond donors (Lipinski definition) is 1. The van der Waals surface area contributed by atoms with Gasteiger partial charge in [-0.15, -0.1) is 0 Å². The molecule has 1 fully saturated rings. The highest BCUT2D eigenvalue weighted by atomic mass is 16.2. The van der Waals surface area contributed by atoms with Crippen LogP contribution in [0.5, 0.6) is 0 Å². The van der Waals surface area contributed by atoms with E-state index in [-0.39, 0.29) is 11.9 Å². The van der Waals surface area contributed by atoms with Crippen molar-refractivity contribution in [3.8, 4) is 0 Å². The number of benzene rings is 1. The second-order valence-electron chi connectivity index (χ2n) is 5.95. The largest absolute Gasteiger partial charge is 0.345 e. The summed E-state index contributed by atoms with van der Waals surface area (Å²) in [6.45, 7) is 4.09. The zero-order chi connectivity index (χ0) is 16.1. The van der Waals surface area contributed by atoms with Gasteiger partial charge >= 0.3 is 6.03 Å². The first-order chi connectivity index (χ1) is 10.5. The van der Waals surface area contributed by atoms with Crippen LogP contribution in [0.4, 0.5) is 4.79 Å². The third kappa shape index (κ3) is 3.78. The van der Waals surface area contributed by atoms with Gasteiger partial charge in [0.15, 0.2) is 0 Å². The zero-order valence-corrected chi connectivity index (χ0v) is 13.6. The number of piperidine rings is 1. The van der Waals surface area contributed by atoms with E-state index in [1.165, 1.54) is 0 Å². The van der Waals surface area contributed by atoms with Crippen molar-refractivity contribution in [1.82, 2.24) is 15.1 Å². The SMILES string of the molecule is CCNC(=O)N1CCCC(c2cccc(C(=O)N(C)C)c2)C1. The maximum Gasteiger partial charge on any atom is 0.317 e. The Kier molecular flexibility index (Phi) is 5.41.